The third-order valence-electron chi connectivity index (χ3n) is 13.2. The Kier molecular flexibility index (Phi) is 5.40. The minimum Gasteiger partial charge on any atom is -0.481 e. The molecule has 3 N–H and O–H groups in total. The summed E-state index contributed by atoms with van der Waals surface area (Å²) in [5.41, 5.74) is -0.676. The van der Waals surface area contributed by atoms with Crippen LogP contribution < -0.4 is 0 Å². The maximum Gasteiger partial charge on any atom is 0.309 e. The highest BCUT2D eigenvalue weighted by atomic mass is 16.4. The fourth-order valence-corrected chi connectivity index (χ4v) is 10.4. The van der Waals surface area contributed by atoms with Gasteiger partial charge in [0.05, 0.1) is 18.1 Å². The molecular formula is C30H46O5. The van der Waals surface area contributed by atoms with Gasteiger partial charge in [-0.05, 0) is 104 Å². The van der Waals surface area contributed by atoms with Gasteiger partial charge in [0, 0.05) is 11.3 Å². The SMILES string of the molecule is C[C@]1(C(=O)O)CC[C@]2(C)CC[C@]3(C)C(=CC(=O)[C@@H]4[C@@]5(C)CC[C@H](O)[C@](C)(CO)[C@H]5CC[C@]43C)[C@H]2C1. The average Bonchev–Trinajstić information content (AvgIpc) is 2.79. The van der Waals surface area contributed by atoms with Crippen LogP contribution in [0.4, 0.5) is 0 Å². The summed E-state index contributed by atoms with van der Waals surface area (Å²) in [5.74, 6) is -0.423. The topological polar surface area (TPSA) is 94.8 Å². The van der Waals surface area contributed by atoms with E-state index in [0.29, 0.717) is 19.3 Å². The van der Waals surface area contributed by atoms with Crippen LogP contribution in [0.1, 0.15) is 99.3 Å². The van der Waals surface area contributed by atoms with E-state index < -0.39 is 22.9 Å². The third-order valence-corrected chi connectivity index (χ3v) is 13.2. The lowest BCUT2D eigenvalue weighted by Crippen LogP contribution is -2.67. The maximum atomic E-state index is 14.2. The van der Waals surface area contributed by atoms with Gasteiger partial charge in [0.1, 0.15) is 0 Å². The molecule has 196 valence electrons. The summed E-state index contributed by atoms with van der Waals surface area (Å²) in [7, 11) is 0. The number of carbonyl (C=O) groups excluding carboxylic acids is 1. The standard InChI is InChI=1S/C30H46O5/c1-25-11-12-26(2,24(34)35)16-19(25)18-15-20(32)23-27(3)9-8-22(33)28(4,17-31)21(27)7-10-30(23,6)29(18,5)14-13-25/h15,19,21-23,31,33H,7-14,16-17H2,1-6H3,(H,34,35)/t19-,21+,22+,23-,25-,26+,27+,28-,29-,30-/m1/s1. The van der Waals surface area contributed by atoms with E-state index in [0.717, 1.165) is 38.5 Å². The van der Waals surface area contributed by atoms with Crippen LogP contribution in [-0.2, 0) is 9.59 Å². The second-order valence-corrected chi connectivity index (χ2v) is 14.8. The number of aliphatic hydroxyl groups excluding tert-OH is 2. The van der Waals surface area contributed by atoms with Gasteiger partial charge >= 0.3 is 5.97 Å². The first-order valence-corrected chi connectivity index (χ1v) is 13.9. The molecule has 5 aliphatic rings. The molecule has 5 heteroatoms. The van der Waals surface area contributed by atoms with E-state index in [4.69, 9.17) is 0 Å². The Bertz CT molecular complexity index is 987. The second kappa shape index (κ2) is 7.43. The molecule has 0 aliphatic heterocycles. The van der Waals surface area contributed by atoms with Crippen LogP contribution in [0.2, 0.25) is 0 Å². The molecule has 0 unspecified atom stereocenters. The average molecular weight is 487 g/mol. The number of fused-ring (bicyclic) bond motifs is 7. The number of carboxylic acid groups (broad SMARTS) is 1. The molecular weight excluding hydrogens is 440 g/mol. The highest BCUT2D eigenvalue weighted by molar-refractivity contribution is 5.95. The number of hydrogen-bond donors (Lipinski definition) is 3. The Labute approximate surface area is 210 Å². The first-order chi connectivity index (χ1) is 16.1. The number of aliphatic carboxylic acids is 1. The Morgan fingerprint density at radius 3 is 2.26 bits per heavy atom. The predicted octanol–water partition coefficient (Wildman–Crippen LogP) is 5.39. The molecule has 0 aromatic rings. The lowest BCUT2D eigenvalue weighted by molar-refractivity contribution is -0.212. The van der Waals surface area contributed by atoms with Crippen LogP contribution in [0.25, 0.3) is 0 Å². The number of aliphatic hydroxyl groups is 2. The first-order valence-electron chi connectivity index (χ1n) is 13.9. The largest absolute Gasteiger partial charge is 0.481 e. The summed E-state index contributed by atoms with van der Waals surface area (Å²) < 4.78 is 0. The molecule has 5 rings (SSSR count). The molecule has 0 aromatic carbocycles. The van der Waals surface area contributed by atoms with Gasteiger partial charge in [-0.15, -0.1) is 0 Å². The Morgan fingerprint density at radius 1 is 0.971 bits per heavy atom. The number of carbonyl (C=O) groups is 2. The van der Waals surface area contributed by atoms with Crippen molar-refractivity contribution in [2.45, 2.75) is 105 Å². The van der Waals surface area contributed by atoms with Crippen molar-refractivity contribution >= 4 is 11.8 Å². The molecule has 35 heavy (non-hydrogen) atoms. The number of rotatable bonds is 2. The minimum absolute atomic E-state index is 0.0509. The summed E-state index contributed by atoms with van der Waals surface area (Å²) in [6.45, 7) is 13.1. The number of ketones is 1. The van der Waals surface area contributed by atoms with Crippen molar-refractivity contribution in [3.8, 4) is 0 Å². The molecule has 4 fully saturated rings. The zero-order chi connectivity index (χ0) is 25.8. The fraction of sp³-hybridized carbons (Fsp3) is 0.867. The van der Waals surface area contributed by atoms with E-state index in [2.05, 4.69) is 27.7 Å². The van der Waals surface area contributed by atoms with Crippen molar-refractivity contribution in [1.29, 1.82) is 0 Å². The van der Waals surface area contributed by atoms with Gasteiger partial charge in [-0.3, -0.25) is 9.59 Å². The molecule has 0 radical (unpaired) electrons. The van der Waals surface area contributed by atoms with Gasteiger partial charge in [-0.1, -0.05) is 40.2 Å². The minimum atomic E-state index is -0.740. The molecule has 5 nitrogen and oxygen atoms in total. The van der Waals surface area contributed by atoms with Crippen molar-refractivity contribution in [2.24, 2.45) is 50.2 Å². The van der Waals surface area contributed by atoms with Crippen LogP contribution >= 0.6 is 0 Å². The molecule has 10 atom stereocenters. The van der Waals surface area contributed by atoms with E-state index in [1.807, 2.05) is 19.9 Å². The van der Waals surface area contributed by atoms with Gasteiger partial charge < -0.3 is 15.3 Å². The van der Waals surface area contributed by atoms with Gasteiger partial charge in [0.15, 0.2) is 5.78 Å². The predicted molar refractivity (Wildman–Crippen MR) is 134 cm³/mol. The monoisotopic (exact) mass is 486 g/mol. The normalized spacial score (nSPS) is 55.7. The van der Waals surface area contributed by atoms with E-state index in [-0.39, 0.29) is 51.8 Å². The van der Waals surface area contributed by atoms with Crippen LogP contribution in [0, 0.1) is 50.2 Å². The zero-order valence-corrected chi connectivity index (χ0v) is 22.6. The van der Waals surface area contributed by atoms with Crippen LogP contribution in [-0.4, -0.2) is 39.8 Å². The van der Waals surface area contributed by atoms with E-state index in [9.17, 15) is 24.9 Å². The number of hydrogen-bond acceptors (Lipinski definition) is 4. The number of carboxylic acids is 1. The summed E-state index contributed by atoms with van der Waals surface area (Å²) in [6, 6.07) is 0. The van der Waals surface area contributed by atoms with Crippen molar-refractivity contribution in [2.75, 3.05) is 6.61 Å². The molecule has 0 amide bonds. The maximum absolute atomic E-state index is 14.2. The summed E-state index contributed by atoms with van der Waals surface area (Å²) in [5, 5.41) is 31.3. The molecule has 0 heterocycles. The van der Waals surface area contributed by atoms with Gasteiger partial charge in [-0.2, -0.15) is 0 Å². The van der Waals surface area contributed by atoms with E-state index >= 15 is 0 Å². The molecule has 0 bridgehead atoms. The summed E-state index contributed by atoms with van der Waals surface area (Å²) >= 11 is 0. The van der Waals surface area contributed by atoms with Crippen LogP contribution in [0.3, 0.4) is 0 Å². The first kappa shape index (κ1) is 25.4. The molecule has 5 aliphatic carbocycles. The smallest absolute Gasteiger partial charge is 0.309 e. The molecule has 4 saturated carbocycles. The highest BCUT2D eigenvalue weighted by Gasteiger charge is 2.70. The summed E-state index contributed by atoms with van der Waals surface area (Å²) in [4.78, 5) is 26.5. The molecule has 0 aromatic heterocycles. The molecule has 0 saturated heterocycles. The van der Waals surface area contributed by atoms with E-state index in [1.165, 1.54) is 5.57 Å². The lowest BCUT2D eigenvalue weighted by Gasteiger charge is -2.70. The van der Waals surface area contributed by atoms with Gasteiger partial charge in [0.2, 0.25) is 0 Å². The second-order valence-electron chi connectivity index (χ2n) is 14.8. The van der Waals surface area contributed by atoms with Crippen molar-refractivity contribution in [3.63, 3.8) is 0 Å². The fourth-order valence-electron chi connectivity index (χ4n) is 10.4. The summed E-state index contributed by atoms with van der Waals surface area (Å²) in [6.07, 6.45) is 8.99. The lowest BCUT2D eigenvalue weighted by atomic mass is 9.33. The van der Waals surface area contributed by atoms with Crippen molar-refractivity contribution in [1.82, 2.24) is 0 Å². The van der Waals surface area contributed by atoms with Crippen molar-refractivity contribution < 1.29 is 24.9 Å². The highest BCUT2D eigenvalue weighted by Crippen LogP contribution is 2.75. The zero-order valence-electron chi connectivity index (χ0n) is 22.6. The Morgan fingerprint density at radius 2 is 1.63 bits per heavy atom. The van der Waals surface area contributed by atoms with E-state index in [1.54, 1.807) is 0 Å². The third kappa shape index (κ3) is 3.00. The van der Waals surface area contributed by atoms with Gasteiger partial charge in [-0.25, -0.2) is 0 Å². The van der Waals surface area contributed by atoms with Crippen molar-refractivity contribution in [3.05, 3.63) is 11.6 Å². The van der Waals surface area contributed by atoms with Crippen LogP contribution in [0.5, 0.6) is 0 Å². The van der Waals surface area contributed by atoms with Crippen LogP contribution in [0.15, 0.2) is 11.6 Å². The quantitative estimate of drug-likeness (QED) is 0.487. The Balaban J connectivity index is 1.62. The molecule has 0 spiro atoms. The number of allylic oxidation sites excluding steroid dienone is 2. The van der Waals surface area contributed by atoms with Gasteiger partial charge in [0.25, 0.3) is 0 Å². The Hall–Kier alpha value is -1.20.